The number of aliphatic hydroxyl groups excluding tert-OH is 1. The number of Topliss-reactive ketones (excluding diaryl/α,β-unsaturated/α-hetero) is 1. The second-order valence-corrected chi connectivity index (χ2v) is 9.29. The van der Waals surface area contributed by atoms with E-state index in [9.17, 15) is 14.7 Å². The molecule has 3 rings (SSSR count). The molecule has 0 radical (unpaired) electrons. The van der Waals surface area contributed by atoms with Gasteiger partial charge in [-0.25, -0.2) is 0 Å². The summed E-state index contributed by atoms with van der Waals surface area (Å²) in [7, 11) is 0. The van der Waals surface area contributed by atoms with Gasteiger partial charge in [-0.3, -0.25) is 9.59 Å². The lowest BCUT2D eigenvalue weighted by Gasteiger charge is -2.50. The third-order valence-electron chi connectivity index (χ3n) is 7.82. The van der Waals surface area contributed by atoms with E-state index >= 15 is 0 Å². The van der Waals surface area contributed by atoms with Gasteiger partial charge in [0.25, 0.3) is 0 Å². The van der Waals surface area contributed by atoms with E-state index in [1.165, 1.54) is 13.3 Å². The maximum absolute atomic E-state index is 13.5. The molecule has 3 fully saturated rings. The number of ketones is 1. The van der Waals surface area contributed by atoms with Gasteiger partial charge in [-0.2, -0.15) is 0 Å². The number of carbonyl (C=O) groups excluding carboxylic acids is 2. The number of ether oxygens (including phenoxy) is 1. The van der Waals surface area contributed by atoms with Crippen molar-refractivity contribution >= 4 is 11.8 Å². The standard InChI is InChI=1S/C21H34O4/c1-14(23)25-16-8-10-21(3)15(13-16)6-7-17(19(21)24)18-5-4-9-20(18,2)11-12-22/h15-18,22H,4-13H2,1-3H3/t15-,16-,17-,18-,20-,21-/m0/s1. The molecule has 4 nitrogen and oxygen atoms in total. The van der Waals surface area contributed by atoms with E-state index in [4.69, 9.17) is 4.74 Å². The highest BCUT2D eigenvalue weighted by molar-refractivity contribution is 5.88. The van der Waals surface area contributed by atoms with Crippen molar-refractivity contribution in [1.29, 1.82) is 0 Å². The number of rotatable bonds is 4. The van der Waals surface area contributed by atoms with Crippen LogP contribution in [0.4, 0.5) is 0 Å². The number of hydrogen-bond donors (Lipinski definition) is 1. The summed E-state index contributed by atoms with van der Waals surface area (Å²) < 4.78 is 5.43. The van der Waals surface area contributed by atoms with Crippen LogP contribution in [0.25, 0.3) is 0 Å². The molecule has 0 aromatic heterocycles. The zero-order chi connectivity index (χ0) is 18.2. The van der Waals surface area contributed by atoms with Gasteiger partial charge in [0.2, 0.25) is 0 Å². The fourth-order valence-corrected chi connectivity index (χ4v) is 6.29. The van der Waals surface area contributed by atoms with Crippen LogP contribution >= 0.6 is 0 Å². The third kappa shape index (κ3) is 3.39. The van der Waals surface area contributed by atoms with Gasteiger partial charge in [-0.1, -0.05) is 20.3 Å². The Morgan fingerprint density at radius 3 is 2.64 bits per heavy atom. The minimum atomic E-state index is -0.248. The van der Waals surface area contributed by atoms with Crippen molar-refractivity contribution in [2.75, 3.05) is 6.61 Å². The van der Waals surface area contributed by atoms with E-state index in [-0.39, 0.29) is 35.4 Å². The molecule has 0 aromatic carbocycles. The molecule has 0 heterocycles. The molecule has 0 bridgehead atoms. The smallest absolute Gasteiger partial charge is 0.302 e. The van der Waals surface area contributed by atoms with Crippen molar-refractivity contribution < 1.29 is 19.4 Å². The van der Waals surface area contributed by atoms with Crippen LogP contribution in [0.2, 0.25) is 0 Å². The molecule has 3 saturated carbocycles. The molecule has 3 aliphatic rings. The Bertz CT molecular complexity index is 530. The lowest BCUT2D eigenvalue weighted by atomic mass is 9.53. The predicted molar refractivity (Wildman–Crippen MR) is 95.9 cm³/mol. The molecule has 0 unspecified atom stereocenters. The van der Waals surface area contributed by atoms with Gasteiger partial charge in [0.05, 0.1) is 0 Å². The van der Waals surface area contributed by atoms with Gasteiger partial charge in [0.15, 0.2) is 0 Å². The lowest BCUT2D eigenvalue weighted by molar-refractivity contribution is -0.158. The van der Waals surface area contributed by atoms with E-state index in [0.29, 0.717) is 17.6 Å². The van der Waals surface area contributed by atoms with Crippen molar-refractivity contribution in [2.24, 2.45) is 28.6 Å². The van der Waals surface area contributed by atoms with Crippen LogP contribution in [0.15, 0.2) is 0 Å². The Balaban J connectivity index is 1.74. The molecule has 0 saturated heterocycles. The summed E-state index contributed by atoms with van der Waals surface area (Å²) in [6.07, 6.45) is 8.78. The fraction of sp³-hybridized carbons (Fsp3) is 0.905. The average molecular weight is 350 g/mol. The molecule has 25 heavy (non-hydrogen) atoms. The molecule has 142 valence electrons. The highest BCUT2D eigenvalue weighted by Gasteiger charge is 2.55. The summed E-state index contributed by atoms with van der Waals surface area (Å²) >= 11 is 0. The van der Waals surface area contributed by atoms with Crippen LogP contribution in [0.3, 0.4) is 0 Å². The van der Waals surface area contributed by atoms with Crippen LogP contribution in [-0.2, 0) is 14.3 Å². The Labute approximate surface area is 151 Å². The summed E-state index contributed by atoms with van der Waals surface area (Å²) in [5.41, 5.74) is -0.129. The first-order valence-electron chi connectivity index (χ1n) is 10.1. The summed E-state index contributed by atoms with van der Waals surface area (Å²) in [6.45, 7) is 6.13. The summed E-state index contributed by atoms with van der Waals surface area (Å²) in [5.74, 6) is 1.18. The number of esters is 1. The maximum atomic E-state index is 13.5. The first kappa shape index (κ1) is 18.9. The van der Waals surface area contributed by atoms with Crippen LogP contribution < -0.4 is 0 Å². The monoisotopic (exact) mass is 350 g/mol. The maximum Gasteiger partial charge on any atom is 0.302 e. The molecule has 4 heteroatoms. The van der Waals surface area contributed by atoms with Gasteiger partial charge in [0, 0.05) is 24.9 Å². The number of fused-ring (bicyclic) bond motifs is 1. The third-order valence-corrected chi connectivity index (χ3v) is 7.82. The SMILES string of the molecule is CC(=O)O[C@H]1CC[C@]2(C)C(=O)[C@H]([C@@H]3CCC[C@@]3(C)CCO)CC[C@H]2C1. The van der Waals surface area contributed by atoms with Gasteiger partial charge in [-0.15, -0.1) is 0 Å². The largest absolute Gasteiger partial charge is 0.463 e. The summed E-state index contributed by atoms with van der Waals surface area (Å²) in [4.78, 5) is 24.8. The topological polar surface area (TPSA) is 63.6 Å². The second kappa shape index (κ2) is 7.02. The molecule has 1 N–H and O–H groups in total. The van der Waals surface area contributed by atoms with Gasteiger partial charge < -0.3 is 9.84 Å². The van der Waals surface area contributed by atoms with Crippen LogP contribution in [0.5, 0.6) is 0 Å². The Kier molecular flexibility index (Phi) is 5.30. The lowest BCUT2D eigenvalue weighted by Crippen LogP contribution is -2.51. The molecular formula is C21H34O4. The number of carbonyl (C=O) groups is 2. The van der Waals surface area contributed by atoms with E-state index in [1.807, 2.05) is 0 Å². The quantitative estimate of drug-likeness (QED) is 0.781. The summed E-state index contributed by atoms with van der Waals surface area (Å²) in [5, 5.41) is 9.49. The fourth-order valence-electron chi connectivity index (χ4n) is 6.29. The minimum Gasteiger partial charge on any atom is -0.463 e. The van der Waals surface area contributed by atoms with E-state index in [2.05, 4.69) is 13.8 Å². The van der Waals surface area contributed by atoms with Crippen molar-refractivity contribution in [3.05, 3.63) is 0 Å². The van der Waals surface area contributed by atoms with Crippen LogP contribution in [-0.4, -0.2) is 29.6 Å². The van der Waals surface area contributed by atoms with Crippen molar-refractivity contribution in [2.45, 2.75) is 84.7 Å². The Hall–Kier alpha value is -0.900. The summed E-state index contributed by atoms with van der Waals surface area (Å²) in [6, 6.07) is 0. The molecule has 0 aliphatic heterocycles. The highest BCUT2D eigenvalue weighted by Crippen LogP contribution is 2.57. The molecule has 6 atom stereocenters. The predicted octanol–water partition coefficient (Wildman–Crippen LogP) is 3.89. The van der Waals surface area contributed by atoms with Crippen LogP contribution in [0, 0.1) is 28.6 Å². The van der Waals surface area contributed by atoms with Gasteiger partial charge >= 0.3 is 5.97 Å². The normalized spacial score (nSPS) is 44.4. The Morgan fingerprint density at radius 1 is 1.20 bits per heavy atom. The van der Waals surface area contributed by atoms with Crippen molar-refractivity contribution in [3.8, 4) is 0 Å². The van der Waals surface area contributed by atoms with E-state index < -0.39 is 0 Å². The molecule has 0 aromatic rings. The number of aliphatic hydroxyl groups is 1. The first-order chi connectivity index (χ1) is 11.8. The Morgan fingerprint density at radius 2 is 1.96 bits per heavy atom. The highest BCUT2D eigenvalue weighted by atomic mass is 16.5. The number of hydrogen-bond acceptors (Lipinski definition) is 4. The van der Waals surface area contributed by atoms with Crippen molar-refractivity contribution in [1.82, 2.24) is 0 Å². The van der Waals surface area contributed by atoms with E-state index in [1.54, 1.807) is 0 Å². The van der Waals surface area contributed by atoms with Gasteiger partial charge in [0.1, 0.15) is 11.9 Å². The molecule has 0 amide bonds. The average Bonchev–Trinajstić information content (AvgIpc) is 2.91. The zero-order valence-corrected chi connectivity index (χ0v) is 16.1. The second-order valence-electron chi connectivity index (χ2n) is 9.29. The molecular weight excluding hydrogens is 316 g/mol. The first-order valence-corrected chi connectivity index (χ1v) is 10.1. The van der Waals surface area contributed by atoms with Crippen molar-refractivity contribution in [3.63, 3.8) is 0 Å². The molecule has 0 spiro atoms. The van der Waals surface area contributed by atoms with E-state index in [0.717, 1.165) is 51.4 Å². The zero-order valence-electron chi connectivity index (χ0n) is 16.1. The molecule has 3 aliphatic carbocycles. The minimum absolute atomic E-state index is 0.00828. The van der Waals surface area contributed by atoms with Crippen LogP contribution in [0.1, 0.15) is 78.6 Å². The van der Waals surface area contributed by atoms with Gasteiger partial charge in [-0.05, 0) is 68.6 Å².